The van der Waals surface area contributed by atoms with Crippen molar-refractivity contribution >= 4 is 17.7 Å². The number of aromatic hydroxyl groups is 2. The first-order valence-electron chi connectivity index (χ1n) is 8.27. The Labute approximate surface area is 161 Å². The number of ether oxygens (including phenoxy) is 1. The third kappa shape index (κ3) is 7.81. The van der Waals surface area contributed by atoms with Gasteiger partial charge in [0.25, 0.3) is 0 Å². The molecule has 2 aromatic rings. The molecule has 150 valence electrons. The number of hydrogen-bond acceptors (Lipinski definition) is 8. The fourth-order valence-corrected chi connectivity index (χ4v) is 1.90. The van der Waals surface area contributed by atoms with Crippen LogP contribution in [0.15, 0.2) is 36.7 Å². The Morgan fingerprint density at radius 2 is 1.43 bits per heavy atom. The number of Topliss-reactive ketones (excluding diaryl/α,β-unsaturated/α-hetero) is 1. The van der Waals surface area contributed by atoms with E-state index in [1.54, 1.807) is 20.8 Å². The van der Waals surface area contributed by atoms with Crippen LogP contribution >= 0.6 is 0 Å². The number of aromatic nitrogens is 2. The average molecular weight is 390 g/mol. The van der Waals surface area contributed by atoms with Crippen LogP contribution in [0.2, 0.25) is 0 Å². The molecule has 2 heterocycles. The summed E-state index contributed by atoms with van der Waals surface area (Å²) in [6.45, 7) is 5.28. The molecule has 0 saturated heterocycles. The number of carbonyl (C=O) groups excluding carboxylic acids is 2. The summed E-state index contributed by atoms with van der Waals surface area (Å²) in [7, 11) is 0. The highest BCUT2D eigenvalue weighted by molar-refractivity contribution is 5.98. The molecule has 0 unspecified atom stereocenters. The summed E-state index contributed by atoms with van der Waals surface area (Å²) in [6, 6.07) is 5.64. The highest BCUT2D eigenvalue weighted by atomic mass is 16.6. The highest BCUT2D eigenvalue weighted by Gasteiger charge is 2.19. The van der Waals surface area contributed by atoms with E-state index in [-0.39, 0.29) is 41.5 Å². The summed E-state index contributed by atoms with van der Waals surface area (Å²) >= 11 is 0. The van der Waals surface area contributed by atoms with E-state index < -0.39 is 17.5 Å². The minimum atomic E-state index is -1.22. The molecule has 9 nitrogen and oxygen atoms in total. The molecule has 0 saturated carbocycles. The van der Waals surface area contributed by atoms with Crippen molar-refractivity contribution in [3.05, 3.63) is 48.0 Å². The van der Waals surface area contributed by atoms with Gasteiger partial charge in [-0.1, -0.05) is 0 Å². The van der Waals surface area contributed by atoms with Crippen LogP contribution in [0.4, 0.5) is 0 Å². The molecule has 0 aliphatic heterocycles. The molecule has 0 amide bonds. The third-order valence-electron chi connectivity index (χ3n) is 3.02. The zero-order chi connectivity index (χ0) is 21.3. The summed E-state index contributed by atoms with van der Waals surface area (Å²) in [6.07, 6.45) is 2.68. The maximum atomic E-state index is 11.7. The maximum absolute atomic E-state index is 11.7. The van der Waals surface area contributed by atoms with Gasteiger partial charge < -0.3 is 20.1 Å². The number of nitrogens with zero attached hydrogens (tertiary/aromatic N) is 2. The second-order valence-electron chi connectivity index (χ2n) is 6.56. The van der Waals surface area contributed by atoms with Gasteiger partial charge in [0.05, 0.1) is 6.42 Å². The Kier molecular flexibility index (Phi) is 8.06. The minimum absolute atomic E-state index is 0.0129. The van der Waals surface area contributed by atoms with Gasteiger partial charge in [-0.25, -0.2) is 14.8 Å². The molecule has 0 bridgehead atoms. The lowest BCUT2D eigenvalue weighted by Gasteiger charge is -2.19. The normalized spacial score (nSPS) is 10.4. The molecule has 2 aromatic heterocycles. The molecule has 0 aliphatic carbocycles. The van der Waals surface area contributed by atoms with Crippen molar-refractivity contribution in [2.75, 3.05) is 0 Å². The Morgan fingerprint density at radius 1 is 0.929 bits per heavy atom. The van der Waals surface area contributed by atoms with Gasteiger partial charge in [0.15, 0.2) is 11.5 Å². The fraction of sp³-hybridized carbons (Fsp3) is 0.316. The quantitative estimate of drug-likeness (QED) is 0.517. The van der Waals surface area contributed by atoms with Crippen LogP contribution in [0.25, 0.3) is 0 Å². The van der Waals surface area contributed by atoms with Gasteiger partial charge in [-0.15, -0.1) is 0 Å². The first-order valence-corrected chi connectivity index (χ1v) is 8.27. The van der Waals surface area contributed by atoms with Crippen molar-refractivity contribution in [2.45, 2.75) is 39.2 Å². The summed E-state index contributed by atoms with van der Waals surface area (Å²) in [5, 5.41) is 26.6. The van der Waals surface area contributed by atoms with Crippen LogP contribution in [-0.2, 0) is 9.53 Å². The van der Waals surface area contributed by atoms with Gasteiger partial charge in [0.1, 0.15) is 22.8 Å². The SMILES string of the molecule is CC(C)(C)OC(=O)CCC(=O)c1ncccc1O.O=C(O)c1ncccc1O. The molecule has 0 radical (unpaired) electrons. The zero-order valence-electron chi connectivity index (χ0n) is 15.7. The summed E-state index contributed by atoms with van der Waals surface area (Å²) in [5.41, 5.74) is -0.892. The number of pyridine rings is 2. The van der Waals surface area contributed by atoms with Gasteiger partial charge in [-0.2, -0.15) is 0 Å². The van der Waals surface area contributed by atoms with Crippen molar-refractivity contribution in [3.8, 4) is 11.5 Å². The Hall–Kier alpha value is -3.49. The van der Waals surface area contributed by atoms with Crippen LogP contribution in [0.5, 0.6) is 11.5 Å². The molecule has 0 spiro atoms. The molecule has 0 fully saturated rings. The summed E-state index contributed by atoms with van der Waals surface area (Å²) < 4.78 is 5.08. The Morgan fingerprint density at radius 3 is 1.82 bits per heavy atom. The van der Waals surface area contributed by atoms with Crippen molar-refractivity contribution in [1.29, 1.82) is 0 Å². The molecule has 2 rings (SSSR count). The second-order valence-corrected chi connectivity index (χ2v) is 6.56. The molecule has 9 heteroatoms. The number of carbonyl (C=O) groups is 3. The molecule has 0 atom stereocenters. The van der Waals surface area contributed by atoms with Gasteiger partial charge >= 0.3 is 11.9 Å². The van der Waals surface area contributed by atoms with Crippen molar-refractivity contribution in [3.63, 3.8) is 0 Å². The smallest absolute Gasteiger partial charge is 0.358 e. The molecule has 28 heavy (non-hydrogen) atoms. The predicted octanol–water partition coefficient (Wildman–Crippen LogP) is 2.58. The van der Waals surface area contributed by atoms with Crippen molar-refractivity contribution in [2.24, 2.45) is 0 Å². The Bertz CT molecular complexity index is 844. The predicted molar refractivity (Wildman–Crippen MR) is 98.2 cm³/mol. The third-order valence-corrected chi connectivity index (χ3v) is 3.02. The van der Waals surface area contributed by atoms with Crippen molar-refractivity contribution in [1.82, 2.24) is 9.97 Å². The van der Waals surface area contributed by atoms with E-state index in [9.17, 15) is 19.5 Å². The topological polar surface area (TPSA) is 147 Å². The lowest BCUT2D eigenvalue weighted by atomic mass is 10.1. The van der Waals surface area contributed by atoms with Gasteiger partial charge in [0.2, 0.25) is 0 Å². The van der Waals surface area contributed by atoms with E-state index in [4.69, 9.17) is 14.9 Å². The standard InChI is InChI=1S/C13H17NO4.C6H5NO3/c1-13(2,3)18-11(17)7-6-10(16)12-9(15)5-4-8-14-12;8-4-2-1-3-7-5(4)6(9)10/h4-5,8,15H,6-7H2,1-3H3;1-3,8H,(H,9,10). The van der Waals surface area contributed by atoms with E-state index in [1.165, 1.54) is 36.7 Å². The van der Waals surface area contributed by atoms with Crippen molar-refractivity contribution < 1.29 is 34.4 Å². The van der Waals surface area contributed by atoms with Crippen LogP contribution in [0.3, 0.4) is 0 Å². The lowest BCUT2D eigenvalue weighted by molar-refractivity contribution is -0.154. The van der Waals surface area contributed by atoms with E-state index in [1.807, 2.05) is 0 Å². The molecule has 0 aromatic carbocycles. The number of carboxylic acids is 1. The van der Waals surface area contributed by atoms with Gasteiger partial charge in [-0.3, -0.25) is 9.59 Å². The molecule has 0 aliphatic rings. The summed E-state index contributed by atoms with van der Waals surface area (Å²) in [4.78, 5) is 40.5. The van der Waals surface area contributed by atoms with Gasteiger partial charge in [0, 0.05) is 18.8 Å². The van der Waals surface area contributed by atoms with Crippen LogP contribution < -0.4 is 0 Å². The summed E-state index contributed by atoms with van der Waals surface area (Å²) in [5.74, 6) is -2.52. The van der Waals surface area contributed by atoms with E-state index in [0.29, 0.717) is 0 Å². The van der Waals surface area contributed by atoms with Crippen LogP contribution in [-0.4, -0.2) is 48.6 Å². The number of aromatic carboxylic acids is 1. The number of esters is 1. The first-order chi connectivity index (χ1) is 13.0. The second kappa shape index (κ2) is 10.0. The van der Waals surface area contributed by atoms with E-state index in [2.05, 4.69) is 9.97 Å². The minimum Gasteiger partial charge on any atom is -0.506 e. The zero-order valence-corrected chi connectivity index (χ0v) is 15.7. The largest absolute Gasteiger partial charge is 0.506 e. The van der Waals surface area contributed by atoms with E-state index in [0.717, 1.165) is 0 Å². The number of rotatable bonds is 5. The molecule has 3 N–H and O–H groups in total. The fourth-order valence-electron chi connectivity index (χ4n) is 1.90. The van der Waals surface area contributed by atoms with Crippen LogP contribution in [0, 0.1) is 0 Å². The highest BCUT2D eigenvalue weighted by Crippen LogP contribution is 2.16. The molecular weight excluding hydrogens is 368 g/mol. The van der Waals surface area contributed by atoms with Crippen LogP contribution in [0.1, 0.15) is 54.6 Å². The first kappa shape index (κ1) is 22.6. The average Bonchev–Trinajstić information content (AvgIpc) is 2.59. The lowest BCUT2D eigenvalue weighted by Crippen LogP contribution is -2.24. The number of ketones is 1. The number of hydrogen-bond donors (Lipinski definition) is 3. The monoisotopic (exact) mass is 390 g/mol. The van der Waals surface area contributed by atoms with Gasteiger partial charge in [-0.05, 0) is 45.0 Å². The molecular formula is C19H22N2O7. The maximum Gasteiger partial charge on any atom is 0.358 e. The Balaban J connectivity index is 0.000000330. The number of carboxylic acid groups (broad SMARTS) is 1. The van der Waals surface area contributed by atoms with E-state index >= 15 is 0 Å².